The quantitative estimate of drug-likeness (QED) is 0.576. The van der Waals surface area contributed by atoms with Crippen LogP contribution in [0.1, 0.15) is 19.8 Å². The van der Waals surface area contributed by atoms with Crippen LogP contribution in [0.2, 0.25) is 0 Å². The van der Waals surface area contributed by atoms with Crippen molar-refractivity contribution in [2.75, 3.05) is 13.1 Å². The number of hydrogen-bond donors (Lipinski definition) is 2. The van der Waals surface area contributed by atoms with Gasteiger partial charge in [-0.25, -0.2) is 0 Å². The van der Waals surface area contributed by atoms with Gasteiger partial charge in [0.05, 0.1) is 0 Å². The highest BCUT2D eigenvalue weighted by atomic mass is 16.2. The molecule has 1 fully saturated rings. The topological polar surface area (TPSA) is 72.3 Å². The Bertz CT molecular complexity index is 172. The first kappa shape index (κ1) is 9.48. The van der Waals surface area contributed by atoms with E-state index in [9.17, 15) is 4.79 Å². The Balaban J connectivity index is 2.47. The third kappa shape index (κ3) is 1.76. The molecule has 12 heavy (non-hydrogen) atoms. The average molecular weight is 171 g/mol. The van der Waals surface area contributed by atoms with Crippen molar-refractivity contribution in [1.29, 1.82) is 0 Å². The molecular weight excluding hydrogens is 154 g/mol. The highest BCUT2D eigenvalue weighted by molar-refractivity contribution is 5.77. The largest absolute Gasteiger partial charge is 0.338 e. The summed E-state index contributed by atoms with van der Waals surface area (Å²) in [5.74, 6) is 0.137. The third-order valence-corrected chi connectivity index (χ3v) is 2.49. The van der Waals surface area contributed by atoms with Crippen LogP contribution in [-0.2, 0) is 4.79 Å². The SMILES string of the molecule is CC1C(N)CCN1C(=O)CCN. The lowest BCUT2D eigenvalue weighted by atomic mass is 10.2. The van der Waals surface area contributed by atoms with E-state index in [1.807, 2.05) is 11.8 Å². The first-order valence-electron chi connectivity index (χ1n) is 4.42. The van der Waals surface area contributed by atoms with Crippen molar-refractivity contribution in [2.24, 2.45) is 11.5 Å². The summed E-state index contributed by atoms with van der Waals surface area (Å²) in [6, 6.07) is 0.329. The zero-order valence-corrected chi connectivity index (χ0v) is 7.49. The second kappa shape index (κ2) is 3.87. The third-order valence-electron chi connectivity index (χ3n) is 2.49. The lowest BCUT2D eigenvalue weighted by Crippen LogP contribution is -2.40. The van der Waals surface area contributed by atoms with E-state index in [0.29, 0.717) is 13.0 Å². The molecule has 1 heterocycles. The van der Waals surface area contributed by atoms with Gasteiger partial charge in [-0.05, 0) is 13.3 Å². The van der Waals surface area contributed by atoms with Crippen LogP contribution in [0.5, 0.6) is 0 Å². The van der Waals surface area contributed by atoms with Gasteiger partial charge >= 0.3 is 0 Å². The number of nitrogens with zero attached hydrogens (tertiary/aromatic N) is 1. The summed E-state index contributed by atoms with van der Waals surface area (Å²) in [6.07, 6.45) is 1.36. The number of carbonyl (C=O) groups is 1. The van der Waals surface area contributed by atoms with Gasteiger partial charge < -0.3 is 16.4 Å². The van der Waals surface area contributed by atoms with E-state index in [2.05, 4.69) is 0 Å². The Morgan fingerprint density at radius 2 is 2.33 bits per heavy atom. The van der Waals surface area contributed by atoms with Gasteiger partial charge in [0.2, 0.25) is 5.91 Å². The molecule has 0 spiro atoms. The number of likely N-dealkylation sites (tertiary alicyclic amines) is 1. The summed E-state index contributed by atoms with van der Waals surface area (Å²) in [5.41, 5.74) is 11.1. The van der Waals surface area contributed by atoms with Crippen LogP contribution in [0.3, 0.4) is 0 Å². The summed E-state index contributed by atoms with van der Waals surface area (Å²) in [7, 11) is 0. The standard InChI is InChI=1S/C8H17N3O/c1-6-7(10)3-5-11(6)8(12)2-4-9/h6-7H,2-5,9-10H2,1H3. The fourth-order valence-electron chi connectivity index (χ4n) is 1.58. The minimum absolute atomic E-state index is 0.137. The van der Waals surface area contributed by atoms with Crippen LogP contribution < -0.4 is 11.5 Å². The molecule has 1 aliphatic heterocycles. The Kier molecular flexibility index (Phi) is 3.05. The number of carbonyl (C=O) groups excluding carboxylic acids is 1. The van der Waals surface area contributed by atoms with Gasteiger partial charge in [0.25, 0.3) is 0 Å². The monoisotopic (exact) mass is 171 g/mol. The maximum atomic E-state index is 11.4. The van der Waals surface area contributed by atoms with Crippen molar-refractivity contribution in [3.8, 4) is 0 Å². The molecule has 1 aliphatic rings. The van der Waals surface area contributed by atoms with E-state index in [-0.39, 0.29) is 18.0 Å². The van der Waals surface area contributed by atoms with Crippen molar-refractivity contribution in [1.82, 2.24) is 4.90 Å². The van der Waals surface area contributed by atoms with Gasteiger partial charge in [-0.2, -0.15) is 0 Å². The molecule has 2 unspecified atom stereocenters. The second-order valence-electron chi connectivity index (χ2n) is 3.32. The lowest BCUT2D eigenvalue weighted by Gasteiger charge is -2.22. The van der Waals surface area contributed by atoms with E-state index < -0.39 is 0 Å². The molecule has 0 bridgehead atoms. The second-order valence-corrected chi connectivity index (χ2v) is 3.32. The molecule has 4 N–H and O–H groups in total. The fraction of sp³-hybridized carbons (Fsp3) is 0.875. The molecular formula is C8H17N3O. The first-order chi connectivity index (χ1) is 5.66. The molecule has 4 nitrogen and oxygen atoms in total. The predicted octanol–water partition coefficient (Wildman–Crippen LogP) is -0.717. The van der Waals surface area contributed by atoms with Crippen LogP contribution in [-0.4, -0.2) is 36.0 Å². The maximum absolute atomic E-state index is 11.4. The van der Waals surface area contributed by atoms with Crippen LogP contribution >= 0.6 is 0 Å². The summed E-state index contributed by atoms with van der Waals surface area (Å²) >= 11 is 0. The van der Waals surface area contributed by atoms with E-state index in [4.69, 9.17) is 11.5 Å². The van der Waals surface area contributed by atoms with Crippen molar-refractivity contribution >= 4 is 5.91 Å². The number of hydrogen-bond acceptors (Lipinski definition) is 3. The Hall–Kier alpha value is -0.610. The highest BCUT2D eigenvalue weighted by Gasteiger charge is 2.30. The van der Waals surface area contributed by atoms with Crippen LogP contribution in [0.25, 0.3) is 0 Å². The normalized spacial score (nSPS) is 29.4. The molecule has 0 radical (unpaired) electrons. The predicted molar refractivity (Wildman–Crippen MR) is 47.4 cm³/mol. The van der Waals surface area contributed by atoms with Gasteiger partial charge in [-0.15, -0.1) is 0 Å². The van der Waals surface area contributed by atoms with E-state index >= 15 is 0 Å². The highest BCUT2D eigenvalue weighted by Crippen LogP contribution is 2.16. The first-order valence-corrected chi connectivity index (χ1v) is 4.42. The Morgan fingerprint density at radius 1 is 1.67 bits per heavy atom. The van der Waals surface area contributed by atoms with Crippen LogP contribution in [0.15, 0.2) is 0 Å². The maximum Gasteiger partial charge on any atom is 0.224 e. The zero-order chi connectivity index (χ0) is 9.14. The molecule has 4 heteroatoms. The molecule has 1 saturated heterocycles. The molecule has 0 aromatic carbocycles. The Morgan fingerprint density at radius 3 is 2.75 bits per heavy atom. The van der Waals surface area contributed by atoms with E-state index in [0.717, 1.165) is 13.0 Å². The summed E-state index contributed by atoms with van der Waals surface area (Å²) in [5, 5.41) is 0. The summed E-state index contributed by atoms with van der Waals surface area (Å²) < 4.78 is 0. The van der Waals surface area contributed by atoms with Gasteiger partial charge in [0, 0.05) is 31.6 Å². The molecule has 0 saturated carbocycles. The van der Waals surface area contributed by atoms with E-state index in [1.165, 1.54) is 0 Å². The van der Waals surface area contributed by atoms with Gasteiger partial charge in [0.15, 0.2) is 0 Å². The van der Waals surface area contributed by atoms with Crippen LogP contribution in [0, 0.1) is 0 Å². The fourth-order valence-corrected chi connectivity index (χ4v) is 1.58. The van der Waals surface area contributed by atoms with Gasteiger partial charge in [-0.3, -0.25) is 4.79 Å². The molecule has 0 aliphatic carbocycles. The van der Waals surface area contributed by atoms with Crippen molar-refractivity contribution in [3.05, 3.63) is 0 Å². The molecule has 70 valence electrons. The van der Waals surface area contributed by atoms with Gasteiger partial charge in [0.1, 0.15) is 0 Å². The zero-order valence-electron chi connectivity index (χ0n) is 7.49. The minimum atomic E-state index is 0.137. The van der Waals surface area contributed by atoms with Crippen molar-refractivity contribution < 1.29 is 4.79 Å². The van der Waals surface area contributed by atoms with Crippen LogP contribution in [0.4, 0.5) is 0 Å². The lowest BCUT2D eigenvalue weighted by molar-refractivity contribution is -0.131. The Labute approximate surface area is 72.9 Å². The number of nitrogens with two attached hydrogens (primary N) is 2. The number of amides is 1. The van der Waals surface area contributed by atoms with Crippen molar-refractivity contribution in [3.63, 3.8) is 0 Å². The molecule has 0 aromatic heterocycles. The van der Waals surface area contributed by atoms with Crippen molar-refractivity contribution in [2.45, 2.75) is 31.8 Å². The smallest absolute Gasteiger partial charge is 0.224 e. The molecule has 1 amide bonds. The van der Waals surface area contributed by atoms with Gasteiger partial charge in [-0.1, -0.05) is 0 Å². The minimum Gasteiger partial charge on any atom is -0.338 e. The van der Waals surface area contributed by atoms with E-state index in [1.54, 1.807) is 0 Å². The number of rotatable bonds is 2. The molecule has 1 rings (SSSR count). The molecule has 0 aromatic rings. The average Bonchev–Trinajstić information content (AvgIpc) is 2.34. The summed E-state index contributed by atoms with van der Waals surface area (Å²) in [4.78, 5) is 13.2. The molecule has 2 atom stereocenters. The summed E-state index contributed by atoms with van der Waals surface area (Å²) in [6.45, 7) is 3.21.